The molecule has 0 aromatic heterocycles. The Morgan fingerprint density at radius 1 is 0.419 bits per heavy atom. The van der Waals surface area contributed by atoms with Crippen molar-refractivity contribution in [3.8, 4) is 51.0 Å². The Morgan fingerprint density at radius 2 is 0.674 bits per heavy atom. The van der Waals surface area contributed by atoms with E-state index in [4.69, 9.17) is 0 Å². The summed E-state index contributed by atoms with van der Waals surface area (Å²) in [4.78, 5) is 8.37. The number of hydrogen-bond acceptors (Lipinski definition) is 9. The number of hydrogen-bond donors (Lipinski definition) is 6. The minimum absolute atomic E-state index is 0. The first-order valence-corrected chi connectivity index (χ1v) is 15.0. The minimum Gasteiger partial charge on any atom is -0.506 e. The lowest BCUT2D eigenvalue weighted by atomic mass is 10.1. The van der Waals surface area contributed by atoms with Crippen molar-refractivity contribution in [1.82, 2.24) is 15.0 Å². The van der Waals surface area contributed by atoms with E-state index < -0.39 is 30.9 Å². The summed E-state index contributed by atoms with van der Waals surface area (Å²) in [5.41, 5.74) is 2.74. The van der Waals surface area contributed by atoms with Crippen LogP contribution in [0.2, 0.25) is 0 Å². The van der Waals surface area contributed by atoms with Gasteiger partial charge < -0.3 is 30.3 Å². The van der Waals surface area contributed by atoms with Crippen LogP contribution in [0.3, 0.4) is 0 Å². The van der Waals surface area contributed by atoms with E-state index in [9.17, 15) is 40.6 Å². The third-order valence-corrected chi connectivity index (χ3v) is 7.99. The largest absolute Gasteiger partial charge is 0.506 e. The molecule has 3 heterocycles. The van der Waals surface area contributed by atoms with Gasteiger partial charge in [-0.2, -0.15) is 25.3 Å². The average molecular weight is 655 g/mol. The van der Waals surface area contributed by atoms with E-state index in [2.05, 4.69) is 15.0 Å². The average Bonchev–Trinajstić information content (AvgIpc) is 2.98. The van der Waals surface area contributed by atoms with Gasteiger partial charge in [-0.3, -0.25) is 0 Å². The first-order chi connectivity index (χ1) is 20.1. The number of nitrogens with one attached hydrogen (secondary N) is 3. The third-order valence-electron chi connectivity index (χ3n) is 5.85. The Kier molecular flexibility index (Phi) is 11.0. The lowest BCUT2D eigenvalue weighted by Gasteiger charge is -2.05. The van der Waals surface area contributed by atoms with Crippen molar-refractivity contribution in [2.75, 3.05) is 0 Å². The summed E-state index contributed by atoms with van der Waals surface area (Å²) >= 11 is 0. The second kappa shape index (κ2) is 14.4. The molecule has 0 aromatic rings. The lowest BCUT2D eigenvalue weighted by Crippen LogP contribution is -1.88. The molecule has 219 valence electrons. The van der Waals surface area contributed by atoms with E-state index in [-0.39, 0.29) is 48.1 Å². The molecule has 43 heavy (non-hydrogen) atoms. The van der Waals surface area contributed by atoms with Crippen LogP contribution in [0.5, 0.6) is 17.2 Å². The van der Waals surface area contributed by atoms with Crippen LogP contribution in [0.4, 0.5) is 0 Å². The second-order valence-electron chi connectivity index (χ2n) is 8.33. The molecule has 3 radical (unpaired) electrons. The molecule has 12 nitrogen and oxygen atoms in total. The summed E-state index contributed by atoms with van der Waals surface area (Å²) in [6.45, 7) is 0. The van der Waals surface area contributed by atoms with Gasteiger partial charge in [-0.05, 0) is 72.8 Å². The smallest absolute Gasteiger partial charge is 0.222 e. The predicted molar refractivity (Wildman–Crippen MR) is 159 cm³/mol. The van der Waals surface area contributed by atoms with E-state index in [0.29, 0.717) is 33.8 Å². The molecule has 0 amide bonds. The second-order valence-corrected chi connectivity index (χ2v) is 11.1. The fraction of sp³-hybridized carbons (Fsp3) is 0. The van der Waals surface area contributed by atoms with E-state index in [0.717, 1.165) is 0 Å². The lowest BCUT2D eigenvalue weighted by molar-refractivity contribution is 0.474. The van der Waals surface area contributed by atoms with Gasteiger partial charge in [-0.1, -0.05) is 0 Å². The molecule has 6 rings (SSSR count). The summed E-state index contributed by atoms with van der Waals surface area (Å²) in [5, 5.41) is 28.3. The molecule has 3 aliphatic carbocycles. The Labute approximate surface area is 258 Å². The monoisotopic (exact) mass is 654 g/mol. The molecule has 0 fully saturated rings. The molecular formula is C27H21AlN3O9S3. The maximum Gasteiger partial charge on any atom is 0.222 e. The van der Waals surface area contributed by atoms with Gasteiger partial charge in [-0.25, -0.2) is 0 Å². The number of aromatic hydroxyl groups is 3. The topological polar surface area (TPSA) is 210 Å². The Morgan fingerprint density at radius 3 is 0.907 bits per heavy atom. The van der Waals surface area contributed by atoms with Crippen molar-refractivity contribution < 1.29 is 40.6 Å². The number of fused-ring (bicyclic) bond motifs is 3. The highest BCUT2D eigenvalue weighted by Gasteiger charge is 2.10. The van der Waals surface area contributed by atoms with E-state index in [1.54, 1.807) is 55.0 Å². The third kappa shape index (κ3) is 7.38. The van der Waals surface area contributed by atoms with Crippen LogP contribution in [0.15, 0.2) is 91.4 Å². The highest BCUT2D eigenvalue weighted by molar-refractivity contribution is 7.64. The summed E-state index contributed by atoms with van der Waals surface area (Å²) in [7, 11) is -6.88. The van der Waals surface area contributed by atoms with Gasteiger partial charge in [0.25, 0.3) is 0 Å². The molecule has 6 N–H and O–H groups in total. The van der Waals surface area contributed by atoms with Crippen molar-refractivity contribution in [1.29, 1.82) is 0 Å². The van der Waals surface area contributed by atoms with Gasteiger partial charge in [0.05, 0.1) is 17.1 Å². The van der Waals surface area contributed by atoms with Crippen LogP contribution in [0.25, 0.3) is 33.8 Å². The van der Waals surface area contributed by atoms with Crippen LogP contribution in [0, 0.1) is 13.5 Å². The molecule has 0 saturated heterocycles. The number of aromatic nitrogens is 3. The molecule has 16 heteroatoms. The van der Waals surface area contributed by atoms with E-state index in [1.807, 2.05) is 0 Å². The molecule has 0 spiro atoms. The molecule has 3 aliphatic heterocycles. The van der Waals surface area contributed by atoms with Gasteiger partial charge in [0.2, 0.25) is 30.9 Å². The van der Waals surface area contributed by atoms with Gasteiger partial charge in [-0.15, -0.1) is 0 Å². The Hall–Kier alpha value is -4.72. The zero-order valence-corrected chi connectivity index (χ0v) is 25.4. The van der Waals surface area contributed by atoms with Crippen molar-refractivity contribution in [2.24, 2.45) is 0 Å². The quantitative estimate of drug-likeness (QED) is 0.105. The van der Waals surface area contributed by atoms with Gasteiger partial charge >= 0.3 is 0 Å². The van der Waals surface area contributed by atoms with Gasteiger partial charge in [0, 0.05) is 52.6 Å². The van der Waals surface area contributed by atoms with Crippen molar-refractivity contribution in [3.63, 3.8) is 0 Å². The van der Waals surface area contributed by atoms with Crippen LogP contribution in [0.1, 0.15) is 0 Å². The van der Waals surface area contributed by atoms with E-state index in [1.165, 1.54) is 36.4 Å². The highest BCUT2D eigenvalue weighted by Crippen LogP contribution is 2.30. The SMILES string of the molecule is O=S(=O)=c1ccc(O)c2[nH]cccc1-2.O=S(=O)=c1ccc(O)c2[nH]cccc1-2.O=S(=O)=c1ccc(O)c2[nH]cccc1-2.[Al]. The Balaban J connectivity index is 0.000000175. The summed E-state index contributed by atoms with van der Waals surface area (Å²) in [5.74, 6) is 0.111. The summed E-state index contributed by atoms with van der Waals surface area (Å²) in [6, 6.07) is 18.1. The minimum atomic E-state index is -2.29. The standard InChI is InChI=1S/3C9H7NO3S.Al/c3*11-7-3-4-8(14(12)13)6-2-1-5-10-9(6)7;/h3*1-5,10-11H;. The van der Waals surface area contributed by atoms with Crippen LogP contribution in [-0.2, 0) is 30.9 Å². The number of rotatable bonds is 0. The Bertz CT molecular complexity index is 2090. The van der Waals surface area contributed by atoms with Crippen molar-refractivity contribution in [3.05, 3.63) is 105 Å². The highest BCUT2D eigenvalue weighted by atomic mass is 32.2. The normalized spacial score (nSPS) is 10.0. The fourth-order valence-electron chi connectivity index (χ4n) is 3.98. The van der Waals surface area contributed by atoms with Crippen molar-refractivity contribution >= 4 is 48.2 Å². The summed E-state index contributed by atoms with van der Waals surface area (Å²) in [6.07, 6.45) is 4.87. The first kappa shape index (κ1) is 32.8. The molecule has 0 unspecified atom stereocenters. The first-order valence-electron chi connectivity index (χ1n) is 11.7. The van der Waals surface area contributed by atoms with Crippen molar-refractivity contribution in [2.45, 2.75) is 0 Å². The van der Waals surface area contributed by atoms with Gasteiger partial charge in [0.1, 0.15) is 30.8 Å². The molecule has 0 bridgehead atoms. The zero-order valence-electron chi connectivity index (χ0n) is 21.8. The number of benzene rings is 3. The maximum absolute atomic E-state index is 10.8. The zero-order chi connectivity index (χ0) is 30.4. The van der Waals surface area contributed by atoms with Crippen LogP contribution < -0.4 is 0 Å². The number of phenolic OH excluding ortho intramolecular Hbond substituents is 3. The molecular weight excluding hydrogens is 633 g/mol. The predicted octanol–water partition coefficient (Wildman–Crippen LogP) is 3.33. The number of pyridine rings is 3. The van der Waals surface area contributed by atoms with Crippen LogP contribution >= 0.6 is 0 Å². The number of phenols is 3. The molecule has 0 saturated carbocycles. The van der Waals surface area contributed by atoms with E-state index >= 15 is 0 Å². The van der Waals surface area contributed by atoms with Crippen LogP contribution in [-0.4, -0.2) is 72.9 Å². The molecule has 0 aromatic carbocycles. The fourth-order valence-corrected chi connectivity index (χ4v) is 5.57. The number of H-pyrrole nitrogens is 3. The van der Waals surface area contributed by atoms with Gasteiger partial charge in [0.15, 0.2) is 0 Å². The summed E-state index contributed by atoms with van der Waals surface area (Å²) < 4.78 is 65.5. The molecule has 6 aliphatic rings. The maximum atomic E-state index is 10.8. The number of aromatic amines is 3. The molecule has 0 atom stereocenters.